The number of rotatable bonds is 6. The van der Waals surface area contributed by atoms with Gasteiger partial charge in [0.25, 0.3) is 0 Å². The number of anilines is 1. The average molecular weight is 329 g/mol. The molecular weight excluding hydrogens is 315 g/mol. The molecule has 0 saturated heterocycles. The van der Waals surface area contributed by atoms with Gasteiger partial charge in [-0.1, -0.05) is 23.2 Å². The Balaban J connectivity index is 2.95. The number of halogens is 2. The van der Waals surface area contributed by atoms with Crippen LogP contribution in [-0.4, -0.2) is 39.9 Å². The van der Waals surface area contributed by atoms with E-state index in [4.69, 9.17) is 28.9 Å². The summed E-state index contributed by atoms with van der Waals surface area (Å²) < 4.78 is 30.9. The fourth-order valence-corrected chi connectivity index (χ4v) is 3.45. The summed E-state index contributed by atoms with van der Waals surface area (Å²) in [7, 11) is -2.54. The molecule has 9 heteroatoms. The zero-order valence-corrected chi connectivity index (χ0v) is 12.4. The molecule has 0 heterocycles. The van der Waals surface area contributed by atoms with Crippen LogP contribution < -0.4 is 10.5 Å². The van der Waals surface area contributed by atoms with E-state index < -0.39 is 16.1 Å². The molecule has 4 N–H and O–H groups in total. The Hall–Kier alpha value is -0.570. The van der Waals surface area contributed by atoms with Crippen LogP contribution in [0.5, 0.6) is 0 Å². The highest BCUT2D eigenvalue weighted by Crippen LogP contribution is 2.30. The third-order valence-electron chi connectivity index (χ3n) is 2.17. The smallest absolute Gasteiger partial charge is 0.244 e. The lowest BCUT2D eigenvalue weighted by Crippen LogP contribution is -2.34. The Morgan fingerprint density at radius 2 is 2.11 bits per heavy atom. The van der Waals surface area contributed by atoms with Gasteiger partial charge in [-0.05, 0) is 12.1 Å². The summed E-state index contributed by atoms with van der Waals surface area (Å²) in [5, 5.41) is 9.56. The molecule has 0 aromatic heterocycles. The van der Waals surface area contributed by atoms with E-state index in [0.29, 0.717) is 0 Å². The fraction of sp³-hybridized carbons (Fsp3) is 0.400. The Morgan fingerprint density at radius 3 is 2.63 bits per heavy atom. The summed E-state index contributed by atoms with van der Waals surface area (Å²) in [4.78, 5) is -0.261. The molecule has 0 aliphatic carbocycles. The zero-order chi connectivity index (χ0) is 14.6. The first-order chi connectivity index (χ1) is 8.77. The maximum Gasteiger partial charge on any atom is 0.244 e. The minimum atomic E-state index is -3.93. The molecule has 1 atom stereocenters. The van der Waals surface area contributed by atoms with Crippen LogP contribution in [-0.2, 0) is 14.8 Å². The van der Waals surface area contributed by atoms with Crippen molar-refractivity contribution < 1.29 is 18.3 Å². The van der Waals surface area contributed by atoms with Crippen molar-refractivity contribution in [2.45, 2.75) is 11.0 Å². The second-order valence-electron chi connectivity index (χ2n) is 3.77. The molecule has 19 heavy (non-hydrogen) atoms. The van der Waals surface area contributed by atoms with Crippen LogP contribution in [0.25, 0.3) is 0 Å². The van der Waals surface area contributed by atoms with Gasteiger partial charge in [0.05, 0.1) is 23.4 Å². The number of hydrogen-bond acceptors (Lipinski definition) is 5. The van der Waals surface area contributed by atoms with Gasteiger partial charge in [-0.2, -0.15) is 0 Å². The molecule has 1 unspecified atom stereocenters. The molecule has 108 valence electrons. The van der Waals surface area contributed by atoms with Gasteiger partial charge in [-0.3, -0.25) is 0 Å². The van der Waals surface area contributed by atoms with Crippen LogP contribution in [0.4, 0.5) is 5.69 Å². The van der Waals surface area contributed by atoms with Gasteiger partial charge in [0.1, 0.15) is 4.90 Å². The maximum absolute atomic E-state index is 12.0. The van der Waals surface area contributed by atoms with E-state index in [2.05, 4.69) is 9.46 Å². The van der Waals surface area contributed by atoms with Crippen LogP contribution in [0, 0.1) is 0 Å². The number of aliphatic hydroxyl groups is 1. The quantitative estimate of drug-likeness (QED) is 0.672. The number of aliphatic hydroxyl groups excluding tert-OH is 1. The number of sulfonamides is 1. The summed E-state index contributed by atoms with van der Waals surface area (Å²) in [5.41, 5.74) is 5.53. The molecule has 1 aromatic carbocycles. The van der Waals surface area contributed by atoms with Gasteiger partial charge < -0.3 is 15.6 Å². The van der Waals surface area contributed by atoms with Crippen molar-refractivity contribution in [3.8, 4) is 0 Å². The highest BCUT2D eigenvalue weighted by molar-refractivity contribution is 7.89. The highest BCUT2D eigenvalue weighted by atomic mass is 35.5. The molecule has 0 amide bonds. The van der Waals surface area contributed by atoms with Crippen LogP contribution in [0.15, 0.2) is 17.0 Å². The number of benzene rings is 1. The van der Waals surface area contributed by atoms with Crippen molar-refractivity contribution in [2.75, 3.05) is 26.0 Å². The first-order valence-electron chi connectivity index (χ1n) is 5.19. The standard InChI is InChI=1S/C10H14Cl2N2O4S/c1-18-5-7(15)4-14-19(16,17)10-8(12)2-6(11)3-9(10)13/h2-3,7,14-15H,4-5,13H2,1H3. The van der Waals surface area contributed by atoms with E-state index in [1.807, 2.05) is 0 Å². The number of ether oxygens (including phenoxy) is 1. The third-order valence-corrected chi connectivity index (χ3v) is 4.34. The number of methoxy groups -OCH3 is 1. The molecule has 1 rings (SSSR count). The summed E-state index contributed by atoms with van der Waals surface area (Å²) >= 11 is 11.5. The van der Waals surface area contributed by atoms with Crippen LogP contribution in [0.2, 0.25) is 10.0 Å². The fourth-order valence-electron chi connectivity index (χ4n) is 1.39. The topological polar surface area (TPSA) is 102 Å². The summed E-state index contributed by atoms with van der Waals surface area (Å²) in [5.74, 6) is 0. The average Bonchev–Trinajstić information content (AvgIpc) is 2.25. The molecule has 0 saturated carbocycles. The van der Waals surface area contributed by atoms with E-state index in [9.17, 15) is 13.5 Å². The predicted octanol–water partition coefficient (Wildman–Crippen LogP) is 0.861. The second-order valence-corrected chi connectivity index (χ2v) is 6.31. The monoisotopic (exact) mass is 328 g/mol. The van der Waals surface area contributed by atoms with Crippen LogP contribution in [0.1, 0.15) is 0 Å². The lowest BCUT2D eigenvalue weighted by molar-refractivity contribution is 0.0679. The third kappa shape index (κ3) is 4.48. The summed E-state index contributed by atoms with van der Waals surface area (Å²) in [6, 6.07) is 2.56. The molecular formula is C10H14Cl2N2O4S. The highest BCUT2D eigenvalue weighted by Gasteiger charge is 2.22. The number of nitrogens with two attached hydrogens (primary N) is 1. The molecule has 0 spiro atoms. The predicted molar refractivity (Wildman–Crippen MR) is 73.9 cm³/mol. The molecule has 6 nitrogen and oxygen atoms in total. The first-order valence-corrected chi connectivity index (χ1v) is 7.43. The van der Waals surface area contributed by atoms with Gasteiger partial charge >= 0.3 is 0 Å². The Bertz CT molecular complexity index is 527. The SMILES string of the molecule is COCC(O)CNS(=O)(=O)c1c(N)cc(Cl)cc1Cl. The number of nitrogen functional groups attached to an aromatic ring is 1. The maximum atomic E-state index is 12.0. The summed E-state index contributed by atoms with van der Waals surface area (Å²) in [6.07, 6.45) is -0.966. The molecule has 0 aliphatic heterocycles. The van der Waals surface area contributed by atoms with Gasteiger partial charge in [0, 0.05) is 18.7 Å². The van der Waals surface area contributed by atoms with Crippen molar-refractivity contribution in [3.05, 3.63) is 22.2 Å². The van der Waals surface area contributed by atoms with Gasteiger partial charge in [0.15, 0.2) is 0 Å². The van der Waals surface area contributed by atoms with Crippen LogP contribution in [0.3, 0.4) is 0 Å². The van der Waals surface area contributed by atoms with E-state index >= 15 is 0 Å². The second kappa shape index (κ2) is 6.74. The van der Waals surface area contributed by atoms with E-state index in [-0.39, 0.29) is 33.8 Å². The molecule has 1 aromatic rings. The largest absolute Gasteiger partial charge is 0.398 e. The first kappa shape index (κ1) is 16.5. The molecule has 0 fully saturated rings. The number of nitrogens with one attached hydrogen (secondary N) is 1. The van der Waals surface area contributed by atoms with Gasteiger partial charge in [0.2, 0.25) is 10.0 Å². The van der Waals surface area contributed by atoms with E-state index in [1.165, 1.54) is 19.2 Å². The lowest BCUT2D eigenvalue weighted by atomic mass is 10.3. The Morgan fingerprint density at radius 1 is 1.47 bits per heavy atom. The normalized spacial score (nSPS) is 13.5. The van der Waals surface area contributed by atoms with Crippen molar-refractivity contribution in [1.82, 2.24) is 4.72 Å². The molecule has 0 radical (unpaired) electrons. The van der Waals surface area contributed by atoms with Gasteiger partial charge in [-0.25, -0.2) is 13.1 Å². The Labute approximate surface area is 121 Å². The minimum Gasteiger partial charge on any atom is -0.398 e. The van der Waals surface area contributed by atoms with E-state index in [0.717, 1.165) is 0 Å². The number of hydrogen-bond donors (Lipinski definition) is 3. The zero-order valence-electron chi connectivity index (χ0n) is 10.1. The minimum absolute atomic E-state index is 0.00630. The van der Waals surface area contributed by atoms with Crippen molar-refractivity contribution in [2.24, 2.45) is 0 Å². The molecule has 0 aliphatic rings. The summed E-state index contributed by atoms with van der Waals surface area (Å²) in [6.45, 7) is -0.207. The van der Waals surface area contributed by atoms with Gasteiger partial charge in [-0.15, -0.1) is 0 Å². The lowest BCUT2D eigenvalue weighted by Gasteiger charge is -2.13. The van der Waals surface area contributed by atoms with Crippen molar-refractivity contribution in [3.63, 3.8) is 0 Å². The van der Waals surface area contributed by atoms with Crippen molar-refractivity contribution >= 4 is 38.9 Å². The van der Waals surface area contributed by atoms with Crippen LogP contribution >= 0.6 is 23.2 Å². The van der Waals surface area contributed by atoms with E-state index in [1.54, 1.807) is 0 Å². The molecule has 0 bridgehead atoms. The Kier molecular flexibility index (Phi) is 5.84. The van der Waals surface area contributed by atoms with Crippen molar-refractivity contribution in [1.29, 1.82) is 0 Å².